The van der Waals surface area contributed by atoms with Gasteiger partial charge in [0.25, 0.3) is 5.56 Å². The number of amides is 1. The van der Waals surface area contributed by atoms with E-state index in [9.17, 15) is 14.7 Å². The number of H-pyrrole nitrogens is 1. The number of fused-ring (bicyclic) bond motifs is 1. The molecule has 0 aromatic carbocycles. The molecular weight excluding hydrogens is 352 g/mol. The largest absolute Gasteiger partial charge is 0.443 e. The number of ether oxygens (including phenoxy) is 1. The lowest BCUT2D eigenvalue weighted by atomic mass is 10.0. The Balaban J connectivity index is 2.51. The second-order valence-corrected chi connectivity index (χ2v) is 7.57. The normalized spacial score (nSPS) is 18.0. The average Bonchev–Trinajstić information content (AvgIpc) is 2.56. The van der Waals surface area contributed by atoms with Gasteiger partial charge in [-0.25, -0.2) is 9.79 Å². The van der Waals surface area contributed by atoms with Crippen LogP contribution in [-0.2, 0) is 4.74 Å². The molecule has 0 fully saturated rings. The van der Waals surface area contributed by atoms with Gasteiger partial charge in [-0.2, -0.15) is 4.98 Å². The van der Waals surface area contributed by atoms with Crippen LogP contribution in [0.1, 0.15) is 34.1 Å². The highest BCUT2D eigenvalue weighted by molar-refractivity contribution is 5.93. The van der Waals surface area contributed by atoms with Crippen LogP contribution in [0, 0.1) is 0 Å². The minimum absolute atomic E-state index is 0.0109. The molecule has 0 saturated carbocycles. The van der Waals surface area contributed by atoms with Crippen LogP contribution < -0.4 is 15.8 Å². The summed E-state index contributed by atoms with van der Waals surface area (Å²) < 4.78 is 5.45. The van der Waals surface area contributed by atoms with Crippen molar-refractivity contribution in [3.05, 3.63) is 10.4 Å². The first-order chi connectivity index (χ1) is 12.5. The maximum atomic E-state index is 12.8. The Morgan fingerprint density at radius 3 is 2.74 bits per heavy atom. The van der Waals surface area contributed by atoms with Crippen LogP contribution in [0.4, 0.5) is 22.2 Å². The third-order valence-corrected chi connectivity index (χ3v) is 3.80. The average molecular weight is 380 g/mol. The van der Waals surface area contributed by atoms with Crippen LogP contribution in [0.25, 0.3) is 0 Å². The summed E-state index contributed by atoms with van der Waals surface area (Å²) in [7, 11) is 3.58. The Morgan fingerprint density at radius 2 is 2.19 bits per heavy atom. The molecule has 2 atom stereocenters. The van der Waals surface area contributed by atoms with Crippen LogP contribution in [0.5, 0.6) is 0 Å². The summed E-state index contributed by atoms with van der Waals surface area (Å²) in [4.78, 5) is 39.3. The van der Waals surface area contributed by atoms with Gasteiger partial charge in [-0.05, 0) is 27.2 Å². The number of hydrogen-bond donors (Lipinski definition) is 3. The van der Waals surface area contributed by atoms with Crippen molar-refractivity contribution in [3.8, 4) is 0 Å². The van der Waals surface area contributed by atoms with Crippen molar-refractivity contribution in [2.24, 2.45) is 4.99 Å². The zero-order valence-electron chi connectivity index (χ0n) is 16.6. The monoisotopic (exact) mass is 380 g/mol. The van der Waals surface area contributed by atoms with E-state index in [1.165, 1.54) is 11.2 Å². The zero-order valence-corrected chi connectivity index (χ0v) is 16.6. The number of aliphatic hydroxyl groups is 1. The number of aromatic amines is 1. The summed E-state index contributed by atoms with van der Waals surface area (Å²) in [6.45, 7) is 7.24. The second-order valence-electron chi connectivity index (χ2n) is 7.57. The van der Waals surface area contributed by atoms with E-state index in [4.69, 9.17) is 4.74 Å². The van der Waals surface area contributed by atoms with Gasteiger partial charge in [-0.1, -0.05) is 6.92 Å². The molecule has 0 saturated heterocycles. The van der Waals surface area contributed by atoms with Gasteiger partial charge in [-0.15, -0.1) is 0 Å². The van der Waals surface area contributed by atoms with Crippen molar-refractivity contribution in [3.63, 3.8) is 0 Å². The van der Waals surface area contributed by atoms with Crippen molar-refractivity contribution in [1.82, 2.24) is 14.9 Å². The quantitative estimate of drug-likeness (QED) is 0.531. The van der Waals surface area contributed by atoms with Crippen LogP contribution >= 0.6 is 0 Å². The first-order valence-corrected chi connectivity index (χ1v) is 8.82. The summed E-state index contributed by atoms with van der Waals surface area (Å²) in [5.74, 6) is 0.327. The SMILES string of the molecule is CC[C@H](O)C1CNc2nc(/N=C/N(C)C)[nH]c(=O)c2N1C(=O)OC(C)(C)C. The van der Waals surface area contributed by atoms with Crippen LogP contribution in [0.3, 0.4) is 0 Å². The van der Waals surface area contributed by atoms with Crippen molar-refractivity contribution < 1.29 is 14.6 Å². The maximum Gasteiger partial charge on any atom is 0.415 e. The number of hydrogen-bond acceptors (Lipinski definition) is 7. The molecule has 1 aromatic rings. The Labute approximate surface area is 158 Å². The zero-order chi connectivity index (χ0) is 20.4. The second kappa shape index (κ2) is 7.95. The number of anilines is 2. The fraction of sp³-hybridized carbons (Fsp3) is 0.647. The minimum Gasteiger partial charge on any atom is -0.443 e. The van der Waals surface area contributed by atoms with Gasteiger partial charge in [0.2, 0.25) is 5.95 Å². The Bertz CT molecular complexity index is 768. The Kier molecular flexibility index (Phi) is 6.09. The summed E-state index contributed by atoms with van der Waals surface area (Å²) in [5.41, 5.74) is -1.28. The molecule has 0 aliphatic carbocycles. The first kappa shape index (κ1) is 20.7. The lowest BCUT2D eigenvalue weighted by Gasteiger charge is -2.39. The number of nitrogens with zero attached hydrogens (tertiary/aromatic N) is 4. The molecule has 3 N–H and O–H groups in total. The fourth-order valence-corrected chi connectivity index (χ4v) is 2.61. The summed E-state index contributed by atoms with van der Waals surface area (Å²) in [5, 5.41) is 13.4. The van der Waals surface area contributed by atoms with Crippen molar-refractivity contribution in [2.75, 3.05) is 30.9 Å². The number of aromatic nitrogens is 2. The van der Waals surface area contributed by atoms with Gasteiger partial charge in [-0.3, -0.25) is 14.7 Å². The van der Waals surface area contributed by atoms with E-state index < -0.39 is 29.4 Å². The maximum absolute atomic E-state index is 12.8. The summed E-state index contributed by atoms with van der Waals surface area (Å²) in [6, 6.07) is -0.656. The molecule has 1 amide bonds. The molecule has 150 valence electrons. The molecule has 2 rings (SSSR count). The van der Waals surface area contributed by atoms with E-state index in [0.717, 1.165) is 0 Å². The van der Waals surface area contributed by atoms with Crippen molar-refractivity contribution in [1.29, 1.82) is 0 Å². The van der Waals surface area contributed by atoms with Gasteiger partial charge in [0, 0.05) is 20.6 Å². The topological polar surface area (TPSA) is 123 Å². The Hall–Kier alpha value is -2.62. The smallest absolute Gasteiger partial charge is 0.415 e. The van der Waals surface area contributed by atoms with Crippen LogP contribution in [0.15, 0.2) is 9.79 Å². The predicted molar refractivity (Wildman–Crippen MR) is 104 cm³/mol. The molecule has 2 heterocycles. The molecule has 27 heavy (non-hydrogen) atoms. The molecule has 0 radical (unpaired) electrons. The standard InChI is InChI=1S/C17H28N6O4/c1-7-11(24)10-8-18-13-12(23(10)16(26)27-17(2,3)4)14(25)21-15(20-13)19-9-22(5)6/h9-11,24H,7-8H2,1-6H3,(H2,18,20,21,25)/b19-9+/t10?,11-/m0/s1. The van der Waals surface area contributed by atoms with E-state index in [2.05, 4.69) is 20.3 Å². The fourth-order valence-electron chi connectivity index (χ4n) is 2.61. The predicted octanol–water partition coefficient (Wildman–Crippen LogP) is 1.30. The third-order valence-electron chi connectivity index (χ3n) is 3.80. The molecule has 1 unspecified atom stereocenters. The lowest BCUT2D eigenvalue weighted by molar-refractivity contribution is 0.0510. The highest BCUT2D eigenvalue weighted by atomic mass is 16.6. The summed E-state index contributed by atoms with van der Waals surface area (Å²) >= 11 is 0. The van der Waals surface area contributed by atoms with E-state index in [-0.39, 0.29) is 24.0 Å². The molecule has 1 aliphatic heterocycles. The molecule has 1 aromatic heterocycles. The van der Waals surface area contributed by atoms with Crippen molar-refractivity contribution in [2.45, 2.75) is 51.9 Å². The number of nitrogens with one attached hydrogen (secondary N) is 2. The number of carbonyl (C=O) groups is 1. The highest BCUT2D eigenvalue weighted by Crippen LogP contribution is 2.30. The minimum atomic E-state index is -0.830. The number of aliphatic imine (C=N–C) groups is 1. The Morgan fingerprint density at radius 1 is 1.52 bits per heavy atom. The van der Waals surface area contributed by atoms with Crippen molar-refractivity contribution >= 4 is 29.9 Å². The van der Waals surface area contributed by atoms with Gasteiger partial charge in [0.05, 0.1) is 18.5 Å². The number of aliphatic hydroxyl groups excluding tert-OH is 1. The van der Waals surface area contributed by atoms with E-state index >= 15 is 0 Å². The van der Waals surface area contributed by atoms with E-state index in [1.54, 1.807) is 46.7 Å². The van der Waals surface area contributed by atoms with E-state index in [1.807, 2.05) is 0 Å². The van der Waals surface area contributed by atoms with Gasteiger partial charge >= 0.3 is 6.09 Å². The van der Waals surface area contributed by atoms with E-state index in [0.29, 0.717) is 6.42 Å². The highest BCUT2D eigenvalue weighted by Gasteiger charge is 2.40. The number of rotatable bonds is 4. The molecule has 0 bridgehead atoms. The molecular formula is C17H28N6O4. The molecule has 0 spiro atoms. The third kappa shape index (κ3) is 4.97. The van der Waals surface area contributed by atoms with Crippen LogP contribution in [0.2, 0.25) is 0 Å². The van der Waals surface area contributed by atoms with Crippen LogP contribution in [-0.4, -0.2) is 70.8 Å². The van der Waals surface area contributed by atoms with Gasteiger partial charge in [0.1, 0.15) is 5.60 Å². The molecule has 10 heteroatoms. The summed E-state index contributed by atoms with van der Waals surface area (Å²) in [6.07, 6.45) is 0.379. The number of carbonyl (C=O) groups excluding carboxylic acids is 1. The lowest BCUT2D eigenvalue weighted by Crippen LogP contribution is -2.56. The van der Waals surface area contributed by atoms with Gasteiger partial charge < -0.3 is 20.1 Å². The first-order valence-electron chi connectivity index (χ1n) is 8.82. The molecule has 1 aliphatic rings. The van der Waals surface area contributed by atoms with Gasteiger partial charge in [0.15, 0.2) is 11.5 Å². The molecule has 10 nitrogen and oxygen atoms in total.